The Morgan fingerprint density at radius 3 is 2.60 bits per heavy atom. The lowest BCUT2D eigenvalue weighted by molar-refractivity contribution is 0.0701. The highest BCUT2D eigenvalue weighted by Crippen LogP contribution is 2.36. The molecule has 0 unspecified atom stereocenters. The lowest BCUT2D eigenvalue weighted by atomic mass is 10.2. The average molecular weight is 364 g/mol. The van der Waals surface area contributed by atoms with E-state index in [1.54, 1.807) is 14.0 Å². The van der Waals surface area contributed by atoms with Crippen molar-refractivity contribution in [3.63, 3.8) is 0 Å². The van der Waals surface area contributed by atoms with Gasteiger partial charge in [-0.3, -0.25) is 0 Å². The molecule has 0 spiro atoms. The van der Waals surface area contributed by atoms with Crippen molar-refractivity contribution >= 4 is 17.3 Å². The zero-order valence-corrected chi connectivity index (χ0v) is 15.9. The highest BCUT2D eigenvalue weighted by atomic mass is 32.1. The van der Waals surface area contributed by atoms with E-state index in [2.05, 4.69) is 23.7 Å². The van der Waals surface area contributed by atoms with Gasteiger partial charge in [-0.2, -0.15) is 0 Å². The molecule has 6 nitrogen and oxygen atoms in total. The Morgan fingerprint density at radius 1 is 1.32 bits per heavy atom. The van der Waals surface area contributed by atoms with Gasteiger partial charge in [0.05, 0.1) is 18.4 Å². The van der Waals surface area contributed by atoms with Crippen molar-refractivity contribution in [2.45, 2.75) is 20.8 Å². The fraction of sp³-hybridized carbons (Fsp3) is 0.444. The molecule has 0 aliphatic heterocycles. The van der Waals surface area contributed by atoms with Gasteiger partial charge in [0.25, 0.3) is 0 Å². The SMILES string of the molecule is CCN(CC)CCOc1cc(OC)ccc1-c1nc(C)c(C(=O)O)s1. The van der Waals surface area contributed by atoms with Crippen LogP contribution in [0.3, 0.4) is 0 Å². The Balaban J connectivity index is 2.28. The van der Waals surface area contributed by atoms with E-state index in [4.69, 9.17) is 9.47 Å². The minimum absolute atomic E-state index is 0.250. The Bertz CT molecular complexity index is 726. The van der Waals surface area contributed by atoms with E-state index in [-0.39, 0.29) is 4.88 Å². The maximum Gasteiger partial charge on any atom is 0.347 e. The molecule has 25 heavy (non-hydrogen) atoms. The van der Waals surface area contributed by atoms with E-state index < -0.39 is 5.97 Å². The number of likely N-dealkylation sites (N-methyl/N-ethyl adjacent to an activating group) is 1. The average Bonchev–Trinajstić information content (AvgIpc) is 3.00. The second-order valence-electron chi connectivity index (χ2n) is 5.48. The lowest BCUT2D eigenvalue weighted by Crippen LogP contribution is -2.27. The standard InChI is InChI=1S/C18H24N2O4S/c1-5-20(6-2)9-10-24-15-11-13(23-4)7-8-14(15)17-19-12(3)16(25-17)18(21)22/h7-8,11H,5-6,9-10H2,1-4H3,(H,21,22). The normalized spacial score (nSPS) is 10.9. The summed E-state index contributed by atoms with van der Waals surface area (Å²) in [5, 5.41) is 9.88. The van der Waals surface area contributed by atoms with Gasteiger partial charge in [0, 0.05) is 12.6 Å². The maximum absolute atomic E-state index is 11.3. The van der Waals surface area contributed by atoms with Gasteiger partial charge >= 0.3 is 5.97 Å². The number of carbonyl (C=O) groups is 1. The van der Waals surface area contributed by atoms with Crippen LogP contribution in [-0.2, 0) is 0 Å². The van der Waals surface area contributed by atoms with Gasteiger partial charge in [-0.15, -0.1) is 11.3 Å². The van der Waals surface area contributed by atoms with Crippen LogP contribution in [0.2, 0.25) is 0 Å². The van der Waals surface area contributed by atoms with Crippen LogP contribution in [0, 0.1) is 6.92 Å². The lowest BCUT2D eigenvalue weighted by Gasteiger charge is -2.19. The summed E-state index contributed by atoms with van der Waals surface area (Å²) in [6, 6.07) is 5.49. The smallest absolute Gasteiger partial charge is 0.347 e. The van der Waals surface area contributed by atoms with Crippen LogP contribution in [0.15, 0.2) is 18.2 Å². The molecule has 1 aromatic carbocycles. The number of aromatic nitrogens is 1. The van der Waals surface area contributed by atoms with E-state index in [9.17, 15) is 9.90 Å². The van der Waals surface area contributed by atoms with Crippen LogP contribution in [0.4, 0.5) is 0 Å². The molecule has 0 amide bonds. The fourth-order valence-corrected chi connectivity index (χ4v) is 3.40. The minimum Gasteiger partial charge on any atom is -0.497 e. The number of thiazole rings is 1. The van der Waals surface area contributed by atoms with Gasteiger partial charge < -0.3 is 19.5 Å². The quantitative estimate of drug-likeness (QED) is 0.734. The van der Waals surface area contributed by atoms with Gasteiger partial charge in [0.2, 0.25) is 0 Å². The van der Waals surface area contributed by atoms with E-state index in [0.29, 0.717) is 28.8 Å². The van der Waals surface area contributed by atoms with Crippen molar-refractivity contribution in [3.05, 3.63) is 28.8 Å². The number of rotatable bonds is 9. The Hall–Kier alpha value is -2.12. The largest absolute Gasteiger partial charge is 0.497 e. The number of benzene rings is 1. The summed E-state index contributed by atoms with van der Waals surface area (Å²) in [7, 11) is 1.60. The molecule has 0 saturated carbocycles. The number of methoxy groups -OCH3 is 1. The molecule has 1 N–H and O–H groups in total. The van der Waals surface area contributed by atoms with Crippen molar-refractivity contribution < 1.29 is 19.4 Å². The third-order valence-electron chi connectivity index (χ3n) is 3.97. The molecule has 136 valence electrons. The summed E-state index contributed by atoms with van der Waals surface area (Å²) in [4.78, 5) is 18.2. The molecular weight excluding hydrogens is 340 g/mol. The molecule has 0 radical (unpaired) electrons. The van der Waals surface area contributed by atoms with Crippen molar-refractivity contribution in [3.8, 4) is 22.1 Å². The van der Waals surface area contributed by atoms with Crippen LogP contribution in [0.1, 0.15) is 29.2 Å². The summed E-state index contributed by atoms with van der Waals surface area (Å²) < 4.78 is 11.3. The number of carboxylic acid groups (broad SMARTS) is 1. The number of aromatic carboxylic acids is 1. The van der Waals surface area contributed by atoms with Crippen molar-refractivity contribution in [1.29, 1.82) is 0 Å². The zero-order chi connectivity index (χ0) is 18.4. The Morgan fingerprint density at radius 2 is 2.04 bits per heavy atom. The maximum atomic E-state index is 11.3. The van der Waals surface area contributed by atoms with Gasteiger partial charge in [0.15, 0.2) is 0 Å². The zero-order valence-electron chi connectivity index (χ0n) is 15.0. The predicted molar refractivity (Wildman–Crippen MR) is 99.1 cm³/mol. The molecule has 0 saturated heterocycles. The Labute approximate surface area is 152 Å². The first-order valence-electron chi connectivity index (χ1n) is 8.24. The Kier molecular flexibility index (Phi) is 6.78. The monoisotopic (exact) mass is 364 g/mol. The molecular formula is C18H24N2O4S. The van der Waals surface area contributed by atoms with E-state index in [1.807, 2.05) is 18.2 Å². The van der Waals surface area contributed by atoms with Crippen LogP contribution in [0.5, 0.6) is 11.5 Å². The molecule has 2 aromatic rings. The molecule has 1 aromatic heterocycles. The number of hydrogen-bond acceptors (Lipinski definition) is 6. The molecule has 0 fully saturated rings. The number of aryl methyl sites for hydroxylation is 1. The molecule has 0 atom stereocenters. The van der Waals surface area contributed by atoms with Crippen LogP contribution in [-0.4, -0.2) is 54.3 Å². The third kappa shape index (κ3) is 4.70. The summed E-state index contributed by atoms with van der Waals surface area (Å²) in [6.45, 7) is 9.24. The van der Waals surface area contributed by atoms with Crippen LogP contribution >= 0.6 is 11.3 Å². The third-order valence-corrected chi connectivity index (χ3v) is 5.15. The number of ether oxygens (including phenoxy) is 2. The van der Waals surface area contributed by atoms with Gasteiger partial charge in [-0.05, 0) is 32.1 Å². The van der Waals surface area contributed by atoms with Crippen LogP contribution in [0.25, 0.3) is 10.6 Å². The molecule has 2 rings (SSSR count). The summed E-state index contributed by atoms with van der Waals surface area (Å²) in [5.74, 6) is 0.379. The first kappa shape index (κ1) is 19.2. The number of nitrogens with zero attached hydrogens (tertiary/aromatic N) is 2. The number of carboxylic acids is 1. The van der Waals surface area contributed by atoms with E-state index in [1.165, 1.54) is 0 Å². The second-order valence-corrected chi connectivity index (χ2v) is 6.48. The minimum atomic E-state index is -0.959. The first-order valence-corrected chi connectivity index (χ1v) is 9.06. The molecule has 0 aliphatic rings. The molecule has 0 bridgehead atoms. The molecule has 7 heteroatoms. The van der Waals surface area contributed by atoms with Crippen LogP contribution < -0.4 is 9.47 Å². The van der Waals surface area contributed by atoms with Gasteiger partial charge in [-0.25, -0.2) is 9.78 Å². The van der Waals surface area contributed by atoms with Crippen molar-refractivity contribution in [2.24, 2.45) is 0 Å². The molecule has 1 heterocycles. The van der Waals surface area contributed by atoms with Crippen molar-refractivity contribution in [1.82, 2.24) is 9.88 Å². The highest BCUT2D eigenvalue weighted by molar-refractivity contribution is 7.17. The topological polar surface area (TPSA) is 71.9 Å². The summed E-state index contributed by atoms with van der Waals surface area (Å²) >= 11 is 1.16. The summed E-state index contributed by atoms with van der Waals surface area (Å²) in [5.41, 5.74) is 1.29. The molecule has 0 aliphatic carbocycles. The van der Waals surface area contributed by atoms with Gasteiger partial charge in [-0.1, -0.05) is 13.8 Å². The first-order chi connectivity index (χ1) is 12.0. The highest BCUT2D eigenvalue weighted by Gasteiger charge is 2.18. The predicted octanol–water partition coefficient (Wildman–Crippen LogP) is 3.55. The summed E-state index contributed by atoms with van der Waals surface area (Å²) in [6.07, 6.45) is 0. The number of hydrogen-bond donors (Lipinski definition) is 1. The van der Waals surface area contributed by atoms with E-state index in [0.717, 1.165) is 36.5 Å². The van der Waals surface area contributed by atoms with Gasteiger partial charge in [0.1, 0.15) is 28.0 Å². The second kappa shape index (κ2) is 8.82. The van der Waals surface area contributed by atoms with Crippen molar-refractivity contribution in [2.75, 3.05) is 33.4 Å². The van der Waals surface area contributed by atoms with E-state index >= 15 is 0 Å². The fourth-order valence-electron chi connectivity index (χ4n) is 2.46.